The van der Waals surface area contributed by atoms with Crippen LogP contribution in [-0.4, -0.2) is 20.2 Å². The SMILES string of the molecule is Cc1ncccc1NCc1c(CO)cnc(C)c1O. The Morgan fingerprint density at radius 1 is 1.21 bits per heavy atom. The minimum absolute atomic E-state index is 0.126. The van der Waals surface area contributed by atoms with E-state index in [1.54, 1.807) is 19.3 Å². The molecule has 2 rings (SSSR count). The van der Waals surface area contributed by atoms with Gasteiger partial charge in [-0.25, -0.2) is 0 Å². The summed E-state index contributed by atoms with van der Waals surface area (Å²) in [5.41, 5.74) is 3.63. The third-order valence-corrected chi connectivity index (χ3v) is 3.06. The molecule has 5 heteroatoms. The zero-order chi connectivity index (χ0) is 13.8. The first-order chi connectivity index (χ1) is 9.13. The van der Waals surface area contributed by atoms with Gasteiger partial charge in [0.25, 0.3) is 0 Å². The Balaban J connectivity index is 2.24. The zero-order valence-corrected chi connectivity index (χ0v) is 11.0. The van der Waals surface area contributed by atoms with Crippen LogP contribution < -0.4 is 5.32 Å². The molecule has 100 valence electrons. The molecule has 0 fully saturated rings. The lowest BCUT2D eigenvalue weighted by atomic mass is 10.1. The molecule has 0 saturated heterocycles. The van der Waals surface area contributed by atoms with E-state index >= 15 is 0 Å². The number of hydrogen-bond donors (Lipinski definition) is 3. The number of nitrogens with zero attached hydrogens (tertiary/aromatic N) is 2. The molecule has 2 aromatic heterocycles. The van der Waals surface area contributed by atoms with Crippen LogP contribution in [0.25, 0.3) is 0 Å². The van der Waals surface area contributed by atoms with Gasteiger partial charge in [0.15, 0.2) is 0 Å². The molecule has 0 radical (unpaired) electrons. The fourth-order valence-electron chi connectivity index (χ4n) is 1.87. The molecule has 0 aromatic carbocycles. The number of rotatable bonds is 4. The first kappa shape index (κ1) is 13.3. The van der Waals surface area contributed by atoms with Crippen LogP contribution in [0.1, 0.15) is 22.5 Å². The molecule has 2 aromatic rings. The average molecular weight is 259 g/mol. The lowest BCUT2D eigenvalue weighted by molar-refractivity contribution is 0.279. The number of anilines is 1. The van der Waals surface area contributed by atoms with Gasteiger partial charge in [0.2, 0.25) is 0 Å². The van der Waals surface area contributed by atoms with Crippen LogP contribution >= 0.6 is 0 Å². The molecule has 5 nitrogen and oxygen atoms in total. The Morgan fingerprint density at radius 2 is 2.00 bits per heavy atom. The number of aliphatic hydroxyl groups excluding tert-OH is 1. The van der Waals surface area contributed by atoms with Crippen LogP contribution in [0.3, 0.4) is 0 Å². The highest BCUT2D eigenvalue weighted by Crippen LogP contribution is 2.25. The van der Waals surface area contributed by atoms with Gasteiger partial charge in [0.1, 0.15) is 5.75 Å². The highest BCUT2D eigenvalue weighted by Gasteiger charge is 2.11. The summed E-state index contributed by atoms with van der Waals surface area (Å²) in [4.78, 5) is 8.22. The lowest BCUT2D eigenvalue weighted by Gasteiger charge is -2.13. The Kier molecular flexibility index (Phi) is 3.97. The minimum atomic E-state index is -0.149. The van der Waals surface area contributed by atoms with E-state index < -0.39 is 0 Å². The molecule has 0 bridgehead atoms. The quantitative estimate of drug-likeness (QED) is 0.781. The van der Waals surface area contributed by atoms with Gasteiger partial charge in [-0.05, 0) is 26.0 Å². The van der Waals surface area contributed by atoms with Crippen LogP contribution in [-0.2, 0) is 13.2 Å². The Morgan fingerprint density at radius 3 is 2.68 bits per heavy atom. The van der Waals surface area contributed by atoms with Gasteiger partial charge in [-0.2, -0.15) is 0 Å². The highest BCUT2D eigenvalue weighted by atomic mass is 16.3. The van der Waals surface area contributed by atoms with Crippen LogP contribution in [0, 0.1) is 13.8 Å². The highest BCUT2D eigenvalue weighted by molar-refractivity contribution is 5.49. The van der Waals surface area contributed by atoms with E-state index in [0.717, 1.165) is 11.4 Å². The number of aromatic nitrogens is 2. The van der Waals surface area contributed by atoms with Gasteiger partial charge in [-0.1, -0.05) is 0 Å². The molecular weight excluding hydrogens is 242 g/mol. The van der Waals surface area contributed by atoms with Crippen molar-refractivity contribution in [2.75, 3.05) is 5.32 Å². The summed E-state index contributed by atoms with van der Waals surface area (Å²) < 4.78 is 0. The van der Waals surface area contributed by atoms with E-state index in [0.29, 0.717) is 23.4 Å². The minimum Gasteiger partial charge on any atom is -0.506 e. The first-order valence-corrected chi connectivity index (χ1v) is 6.06. The maximum atomic E-state index is 10.0. The molecule has 19 heavy (non-hydrogen) atoms. The lowest BCUT2D eigenvalue weighted by Crippen LogP contribution is -2.06. The van der Waals surface area contributed by atoms with Crippen LogP contribution in [0.4, 0.5) is 5.69 Å². The number of nitrogens with one attached hydrogen (secondary N) is 1. The Hall–Kier alpha value is -2.14. The molecule has 3 N–H and O–H groups in total. The molecule has 0 saturated carbocycles. The monoisotopic (exact) mass is 259 g/mol. The summed E-state index contributed by atoms with van der Waals surface area (Å²) in [7, 11) is 0. The van der Waals surface area contributed by atoms with Crippen molar-refractivity contribution in [3.63, 3.8) is 0 Å². The third-order valence-electron chi connectivity index (χ3n) is 3.06. The molecule has 0 atom stereocenters. The molecule has 0 aliphatic heterocycles. The summed E-state index contributed by atoms with van der Waals surface area (Å²) in [6.45, 7) is 3.91. The van der Waals surface area contributed by atoms with Crippen LogP contribution in [0.2, 0.25) is 0 Å². The normalized spacial score (nSPS) is 10.5. The van der Waals surface area contributed by atoms with Crippen molar-refractivity contribution in [1.82, 2.24) is 9.97 Å². The van der Waals surface area contributed by atoms with E-state index in [9.17, 15) is 10.2 Å². The summed E-state index contributed by atoms with van der Waals surface area (Å²) in [6.07, 6.45) is 3.32. The second-order valence-electron chi connectivity index (χ2n) is 4.34. The first-order valence-electron chi connectivity index (χ1n) is 6.06. The van der Waals surface area contributed by atoms with Gasteiger partial charge in [0.05, 0.1) is 23.7 Å². The van der Waals surface area contributed by atoms with Crippen molar-refractivity contribution < 1.29 is 10.2 Å². The van der Waals surface area contributed by atoms with Crippen molar-refractivity contribution in [3.05, 3.63) is 47.0 Å². The third kappa shape index (κ3) is 2.82. The fourth-order valence-corrected chi connectivity index (χ4v) is 1.87. The molecule has 0 aliphatic rings. The summed E-state index contributed by atoms with van der Waals surface area (Å²) in [5, 5.41) is 22.5. The second kappa shape index (κ2) is 5.67. The van der Waals surface area contributed by atoms with Crippen molar-refractivity contribution in [1.29, 1.82) is 0 Å². The number of aliphatic hydroxyl groups is 1. The number of pyridine rings is 2. The second-order valence-corrected chi connectivity index (χ2v) is 4.34. The average Bonchev–Trinajstić information content (AvgIpc) is 2.42. The number of aryl methyl sites for hydroxylation is 2. The van der Waals surface area contributed by atoms with Gasteiger partial charge in [0, 0.05) is 30.1 Å². The van der Waals surface area contributed by atoms with E-state index in [4.69, 9.17) is 0 Å². The van der Waals surface area contributed by atoms with E-state index in [1.807, 2.05) is 19.1 Å². The van der Waals surface area contributed by atoms with Crippen molar-refractivity contribution in [2.24, 2.45) is 0 Å². The summed E-state index contributed by atoms with van der Waals surface area (Å²) in [6, 6.07) is 3.77. The predicted molar refractivity (Wildman–Crippen MR) is 72.9 cm³/mol. The maximum absolute atomic E-state index is 10.0. The molecular formula is C14H17N3O2. The summed E-state index contributed by atoms with van der Waals surface area (Å²) >= 11 is 0. The van der Waals surface area contributed by atoms with E-state index in [1.165, 1.54) is 0 Å². The summed E-state index contributed by atoms with van der Waals surface area (Å²) in [5.74, 6) is 0.126. The Labute approximate surface area is 112 Å². The van der Waals surface area contributed by atoms with E-state index in [2.05, 4.69) is 15.3 Å². The van der Waals surface area contributed by atoms with Crippen LogP contribution in [0.5, 0.6) is 5.75 Å². The number of hydrogen-bond acceptors (Lipinski definition) is 5. The smallest absolute Gasteiger partial charge is 0.142 e. The fraction of sp³-hybridized carbons (Fsp3) is 0.286. The van der Waals surface area contributed by atoms with Crippen molar-refractivity contribution in [2.45, 2.75) is 27.0 Å². The van der Waals surface area contributed by atoms with Crippen molar-refractivity contribution in [3.8, 4) is 5.75 Å². The molecule has 0 unspecified atom stereocenters. The van der Waals surface area contributed by atoms with E-state index in [-0.39, 0.29) is 12.4 Å². The number of aromatic hydroxyl groups is 1. The predicted octanol–water partition coefficient (Wildman–Crippen LogP) is 1.90. The van der Waals surface area contributed by atoms with Crippen molar-refractivity contribution >= 4 is 5.69 Å². The zero-order valence-electron chi connectivity index (χ0n) is 11.0. The Bertz CT molecular complexity index is 585. The van der Waals surface area contributed by atoms with Gasteiger partial charge < -0.3 is 15.5 Å². The standard InChI is InChI=1S/C14H17N3O2/c1-9-13(4-3-5-15-9)17-7-12-11(8-18)6-16-10(2)14(12)19/h3-6,17-19H,7-8H2,1-2H3. The van der Waals surface area contributed by atoms with Gasteiger partial charge >= 0.3 is 0 Å². The molecule has 0 amide bonds. The van der Waals surface area contributed by atoms with Gasteiger partial charge in [-0.3, -0.25) is 9.97 Å². The topological polar surface area (TPSA) is 78.3 Å². The molecule has 0 aliphatic carbocycles. The van der Waals surface area contributed by atoms with Gasteiger partial charge in [-0.15, -0.1) is 0 Å². The molecule has 2 heterocycles. The molecule has 0 spiro atoms. The van der Waals surface area contributed by atoms with Crippen LogP contribution in [0.15, 0.2) is 24.5 Å². The largest absolute Gasteiger partial charge is 0.506 e. The maximum Gasteiger partial charge on any atom is 0.142 e.